The van der Waals surface area contributed by atoms with E-state index in [4.69, 9.17) is 5.11 Å². The Morgan fingerprint density at radius 3 is 2.55 bits per heavy atom. The summed E-state index contributed by atoms with van der Waals surface area (Å²) in [6, 6.07) is 0. The van der Waals surface area contributed by atoms with Gasteiger partial charge in [-0.25, -0.2) is 0 Å². The van der Waals surface area contributed by atoms with Gasteiger partial charge in [-0.15, -0.1) is 0 Å². The molecule has 0 saturated heterocycles. The summed E-state index contributed by atoms with van der Waals surface area (Å²) in [5, 5.41) is 12.3. The van der Waals surface area contributed by atoms with Crippen molar-refractivity contribution < 1.29 is 5.11 Å². The standard InChI is InChI=1S/C9H19NO/c1-3-9(4-5-9)7-10-6-8(2)11/h8,10-11H,3-7H2,1-2H3/t8-/m0/s1. The first kappa shape index (κ1) is 9.01. The lowest BCUT2D eigenvalue weighted by Gasteiger charge is -2.13. The summed E-state index contributed by atoms with van der Waals surface area (Å²) >= 11 is 0. The summed E-state index contributed by atoms with van der Waals surface area (Å²) in [5.74, 6) is 0. The fourth-order valence-electron chi connectivity index (χ4n) is 1.38. The van der Waals surface area contributed by atoms with Crippen molar-refractivity contribution in [3.63, 3.8) is 0 Å². The van der Waals surface area contributed by atoms with Crippen LogP contribution in [0.2, 0.25) is 0 Å². The first-order valence-corrected chi connectivity index (χ1v) is 4.57. The predicted octanol–water partition coefficient (Wildman–Crippen LogP) is 1.15. The molecule has 0 aliphatic heterocycles. The molecular formula is C9H19NO. The summed E-state index contributed by atoms with van der Waals surface area (Å²) < 4.78 is 0. The Bertz CT molecular complexity index is 119. The van der Waals surface area contributed by atoms with Crippen molar-refractivity contribution in [2.45, 2.75) is 39.2 Å². The minimum atomic E-state index is -0.206. The van der Waals surface area contributed by atoms with Gasteiger partial charge in [-0.2, -0.15) is 0 Å². The van der Waals surface area contributed by atoms with Crippen LogP contribution in [0, 0.1) is 5.41 Å². The molecule has 0 unspecified atom stereocenters. The van der Waals surface area contributed by atoms with Crippen LogP contribution in [0.3, 0.4) is 0 Å². The molecule has 2 N–H and O–H groups in total. The third kappa shape index (κ3) is 2.80. The smallest absolute Gasteiger partial charge is 0.0636 e. The molecule has 2 nitrogen and oxygen atoms in total. The number of aliphatic hydroxyl groups excluding tert-OH is 1. The number of aliphatic hydroxyl groups is 1. The molecule has 0 bridgehead atoms. The second-order valence-corrected chi connectivity index (χ2v) is 3.83. The van der Waals surface area contributed by atoms with E-state index in [1.165, 1.54) is 19.3 Å². The van der Waals surface area contributed by atoms with Crippen LogP contribution in [0.1, 0.15) is 33.1 Å². The molecule has 1 saturated carbocycles. The van der Waals surface area contributed by atoms with Gasteiger partial charge in [0.25, 0.3) is 0 Å². The van der Waals surface area contributed by atoms with Crippen LogP contribution in [-0.2, 0) is 0 Å². The van der Waals surface area contributed by atoms with Crippen molar-refractivity contribution >= 4 is 0 Å². The van der Waals surface area contributed by atoms with Crippen LogP contribution in [0.25, 0.3) is 0 Å². The van der Waals surface area contributed by atoms with Crippen molar-refractivity contribution in [3.8, 4) is 0 Å². The van der Waals surface area contributed by atoms with E-state index in [0.29, 0.717) is 5.41 Å². The minimum absolute atomic E-state index is 0.206. The molecule has 1 atom stereocenters. The zero-order valence-corrected chi connectivity index (χ0v) is 7.56. The van der Waals surface area contributed by atoms with E-state index in [0.717, 1.165) is 13.1 Å². The Kier molecular flexibility index (Phi) is 2.90. The number of hydrogen-bond acceptors (Lipinski definition) is 2. The average Bonchev–Trinajstić information content (AvgIpc) is 2.69. The fraction of sp³-hybridized carbons (Fsp3) is 1.00. The van der Waals surface area contributed by atoms with Crippen LogP contribution in [-0.4, -0.2) is 24.3 Å². The third-order valence-corrected chi connectivity index (χ3v) is 2.65. The van der Waals surface area contributed by atoms with E-state index in [1.54, 1.807) is 0 Å². The van der Waals surface area contributed by atoms with Gasteiger partial charge in [0.1, 0.15) is 0 Å². The highest BCUT2D eigenvalue weighted by molar-refractivity contribution is 4.93. The third-order valence-electron chi connectivity index (χ3n) is 2.65. The molecule has 0 radical (unpaired) electrons. The maximum absolute atomic E-state index is 8.98. The van der Waals surface area contributed by atoms with Gasteiger partial charge in [-0.1, -0.05) is 6.92 Å². The SMILES string of the molecule is CCC1(CNC[C@H](C)O)CC1. The largest absolute Gasteiger partial charge is 0.392 e. The van der Waals surface area contributed by atoms with Gasteiger partial charge >= 0.3 is 0 Å². The predicted molar refractivity (Wildman–Crippen MR) is 46.5 cm³/mol. The molecule has 11 heavy (non-hydrogen) atoms. The summed E-state index contributed by atoms with van der Waals surface area (Å²) in [7, 11) is 0. The van der Waals surface area contributed by atoms with Crippen molar-refractivity contribution in [1.29, 1.82) is 0 Å². The van der Waals surface area contributed by atoms with Crippen molar-refractivity contribution in [2.75, 3.05) is 13.1 Å². The molecular weight excluding hydrogens is 138 g/mol. The second kappa shape index (κ2) is 3.55. The number of nitrogens with one attached hydrogen (secondary N) is 1. The Morgan fingerprint density at radius 1 is 1.55 bits per heavy atom. The maximum Gasteiger partial charge on any atom is 0.0636 e. The normalized spacial score (nSPS) is 23.2. The molecule has 1 fully saturated rings. The van der Waals surface area contributed by atoms with Gasteiger partial charge in [0.05, 0.1) is 6.10 Å². The lowest BCUT2D eigenvalue weighted by Crippen LogP contribution is -2.30. The van der Waals surface area contributed by atoms with Gasteiger partial charge < -0.3 is 10.4 Å². The molecule has 0 heterocycles. The van der Waals surface area contributed by atoms with Crippen molar-refractivity contribution in [1.82, 2.24) is 5.32 Å². The maximum atomic E-state index is 8.98. The van der Waals surface area contributed by atoms with Gasteiger partial charge in [0, 0.05) is 13.1 Å². The zero-order valence-electron chi connectivity index (χ0n) is 7.56. The number of rotatable bonds is 5. The molecule has 2 heteroatoms. The molecule has 0 aromatic carbocycles. The van der Waals surface area contributed by atoms with E-state index in [2.05, 4.69) is 12.2 Å². The number of hydrogen-bond donors (Lipinski definition) is 2. The Hall–Kier alpha value is -0.0800. The highest BCUT2D eigenvalue weighted by atomic mass is 16.3. The van der Waals surface area contributed by atoms with E-state index in [9.17, 15) is 0 Å². The lowest BCUT2D eigenvalue weighted by atomic mass is 10.0. The summed E-state index contributed by atoms with van der Waals surface area (Å²) in [4.78, 5) is 0. The van der Waals surface area contributed by atoms with Crippen LogP contribution < -0.4 is 5.32 Å². The van der Waals surface area contributed by atoms with Crippen LogP contribution >= 0.6 is 0 Å². The monoisotopic (exact) mass is 157 g/mol. The van der Waals surface area contributed by atoms with Gasteiger partial charge in [-0.3, -0.25) is 0 Å². The lowest BCUT2D eigenvalue weighted by molar-refractivity contribution is 0.188. The fourth-order valence-corrected chi connectivity index (χ4v) is 1.38. The Balaban J connectivity index is 2.03. The Morgan fingerprint density at radius 2 is 2.18 bits per heavy atom. The average molecular weight is 157 g/mol. The summed E-state index contributed by atoms with van der Waals surface area (Å²) in [6.07, 6.45) is 3.81. The second-order valence-electron chi connectivity index (χ2n) is 3.83. The highest BCUT2D eigenvalue weighted by Crippen LogP contribution is 2.47. The molecule has 1 rings (SSSR count). The van der Waals surface area contributed by atoms with Crippen LogP contribution in [0.5, 0.6) is 0 Å². The van der Waals surface area contributed by atoms with Gasteiger partial charge in [0.2, 0.25) is 0 Å². The molecule has 1 aliphatic carbocycles. The quantitative estimate of drug-likeness (QED) is 0.627. The molecule has 0 amide bonds. The van der Waals surface area contributed by atoms with Crippen molar-refractivity contribution in [2.24, 2.45) is 5.41 Å². The summed E-state index contributed by atoms with van der Waals surface area (Å²) in [6.45, 7) is 5.89. The van der Waals surface area contributed by atoms with E-state index in [-0.39, 0.29) is 6.10 Å². The topological polar surface area (TPSA) is 32.3 Å². The summed E-state index contributed by atoms with van der Waals surface area (Å²) in [5.41, 5.74) is 0.606. The van der Waals surface area contributed by atoms with Crippen LogP contribution in [0.4, 0.5) is 0 Å². The zero-order chi connectivity index (χ0) is 8.32. The van der Waals surface area contributed by atoms with Gasteiger partial charge in [-0.05, 0) is 31.6 Å². The first-order chi connectivity index (χ1) is 5.18. The minimum Gasteiger partial charge on any atom is -0.392 e. The van der Waals surface area contributed by atoms with E-state index in [1.807, 2.05) is 6.92 Å². The molecule has 66 valence electrons. The van der Waals surface area contributed by atoms with E-state index >= 15 is 0 Å². The van der Waals surface area contributed by atoms with Crippen LogP contribution in [0.15, 0.2) is 0 Å². The van der Waals surface area contributed by atoms with E-state index < -0.39 is 0 Å². The molecule has 0 aromatic rings. The highest BCUT2D eigenvalue weighted by Gasteiger charge is 2.39. The molecule has 0 spiro atoms. The Labute approximate surface area is 69.0 Å². The van der Waals surface area contributed by atoms with Gasteiger partial charge in [0.15, 0.2) is 0 Å². The van der Waals surface area contributed by atoms with Crippen molar-refractivity contribution in [3.05, 3.63) is 0 Å². The molecule has 0 aromatic heterocycles. The first-order valence-electron chi connectivity index (χ1n) is 4.57. The molecule has 1 aliphatic rings.